The molecule has 0 bridgehead atoms. The highest BCUT2D eigenvalue weighted by Gasteiger charge is 2.14. The second-order valence-corrected chi connectivity index (χ2v) is 10.7. The predicted molar refractivity (Wildman–Crippen MR) is 154 cm³/mol. The summed E-state index contributed by atoms with van der Waals surface area (Å²) < 4.78 is 5.34. The van der Waals surface area contributed by atoms with Gasteiger partial charge in [0.1, 0.15) is 22.9 Å². The van der Waals surface area contributed by atoms with E-state index in [1.165, 1.54) is 0 Å². The molecule has 0 aliphatic carbocycles. The van der Waals surface area contributed by atoms with Gasteiger partial charge in [0.2, 0.25) is 0 Å². The molecule has 0 saturated carbocycles. The Morgan fingerprint density at radius 2 is 1.08 bits per heavy atom. The van der Waals surface area contributed by atoms with Crippen molar-refractivity contribution in [3.05, 3.63) is 91.3 Å². The first-order valence-corrected chi connectivity index (χ1v) is 13.5. The number of halogens is 2. The Morgan fingerprint density at radius 1 is 0.639 bits per heavy atom. The van der Waals surface area contributed by atoms with Gasteiger partial charge in [0, 0.05) is 24.2 Å². The standard InChI is InChI=1S/C26H22I2N6O2/c27-21-13-17(5-7-25(21)35)9-11-33-15-23(29-31-33)19-3-1-2-4-20(19)24-16-34(32-30-24)12-10-18-6-8-26(36)22(28)14-18/h1-8,13-16,35-36H,9-12H2. The van der Waals surface area contributed by atoms with Gasteiger partial charge in [-0.25, -0.2) is 0 Å². The lowest BCUT2D eigenvalue weighted by Crippen LogP contribution is -2.02. The summed E-state index contributed by atoms with van der Waals surface area (Å²) in [6.07, 6.45) is 5.46. The van der Waals surface area contributed by atoms with E-state index in [2.05, 4.69) is 65.8 Å². The van der Waals surface area contributed by atoms with Crippen LogP contribution < -0.4 is 0 Å². The normalized spacial score (nSPS) is 11.2. The van der Waals surface area contributed by atoms with Crippen LogP contribution in [0.3, 0.4) is 0 Å². The van der Waals surface area contributed by atoms with Crippen LogP contribution in [0.25, 0.3) is 22.5 Å². The average molecular weight is 704 g/mol. The molecule has 2 heterocycles. The molecule has 36 heavy (non-hydrogen) atoms. The molecule has 5 rings (SSSR count). The number of hydrogen-bond acceptors (Lipinski definition) is 6. The SMILES string of the molecule is Oc1ccc(CCn2cc(-c3ccccc3-c3cn(CCc4ccc(O)c(I)c4)nn3)nn2)cc1I. The lowest BCUT2D eigenvalue weighted by Gasteiger charge is -2.05. The molecule has 8 nitrogen and oxygen atoms in total. The van der Waals surface area contributed by atoms with Gasteiger partial charge in [-0.3, -0.25) is 9.36 Å². The number of hydrogen-bond donors (Lipinski definition) is 2. The average Bonchev–Trinajstić information content (AvgIpc) is 3.55. The second kappa shape index (κ2) is 10.9. The molecule has 2 aromatic heterocycles. The predicted octanol–water partition coefficient (Wildman–Crippen LogP) is 5.31. The topological polar surface area (TPSA) is 102 Å². The number of phenols is 2. The van der Waals surface area contributed by atoms with Gasteiger partial charge in [0.25, 0.3) is 0 Å². The summed E-state index contributed by atoms with van der Waals surface area (Å²) in [5.74, 6) is 0.595. The van der Waals surface area contributed by atoms with E-state index in [-0.39, 0.29) is 0 Å². The molecule has 5 aromatic rings. The highest BCUT2D eigenvalue weighted by Crippen LogP contribution is 2.29. The van der Waals surface area contributed by atoms with Crippen LogP contribution in [0.1, 0.15) is 11.1 Å². The van der Waals surface area contributed by atoms with Gasteiger partial charge < -0.3 is 10.2 Å². The number of rotatable bonds is 8. The maximum atomic E-state index is 9.73. The van der Waals surface area contributed by atoms with Crippen molar-refractivity contribution in [3.63, 3.8) is 0 Å². The van der Waals surface area contributed by atoms with Crippen molar-refractivity contribution in [2.24, 2.45) is 0 Å². The fraction of sp³-hybridized carbons (Fsp3) is 0.154. The van der Waals surface area contributed by atoms with Gasteiger partial charge in [-0.1, -0.05) is 46.8 Å². The lowest BCUT2D eigenvalue weighted by molar-refractivity contribution is 0.470. The number of phenolic OH excluding ortho intramolecular Hbond substituents is 2. The van der Waals surface area contributed by atoms with Crippen molar-refractivity contribution in [1.29, 1.82) is 0 Å². The number of aromatic hydroxyl groups is 2. The molecular formula is C26H22I2N6O2. The first kappa shape index (κ1) is 24.7. The van der Waals surface area contributed by atoms with E-state index in [4.69, 9.17) is 0 Å². The van der Waals surface area contributed by atoms with Crippen LogP contribution in [-0.4, -0.2) is 40.2 Å². The van der Waals surface area contributed by atoms with E-state index in [0.717, 1.165) is 53.6 Å². The Bertz CT molecular complexity index is 1400. The quantitative estimate of drug-likeness (QED) is 0.213. The summed E-state index contributed by atoms with van der Waals surface area (Å²) in [5, 5.41) is 36.9. The molecule has 0 spiro atoms. The van der Waals surface area contributed by atoms with E-state index in [1.807, 2.05) is 70.3 Å². The summed E-state index contributed by atoms with van der Waals surface area (Å²) in [6.45, 7) is 1.37. The molecule has 0 fully saturated rings. The first-order valence-electron chi connectivity index (χ1n) is 11.3. The number of benzene rings is 3. The smallest absolute Gasteiger partial charge is 0.128 e. The Kier molecular flexibility index (Phi) is 7.51. The minimum absolute atomic E-state index is 0.297. The van der Waals surface area contributed by atoms with Crippen LogP contribution in [0.5, 0.6) is 11.5 Å². The van der Waals surface area contributed by atoms with Crippen molar-refractivity contribution >= 4 is 45.2 Å². The van der Waals surface area contributed by atoms with Gasteiger partial charge in [0.05, 0.1) is 19.5 Å². The molecule has 0 aliphatic heterocycles. The third-order valence-electron chi connectivity index (χ3n) is 5.84. The fourth-order valence-electron chi connectivity index (χ4n) is 3.89. The van der Waals surface area contributed by atoms with Gasteiger partial charge in [-0.15, -0.1) is 10.2 Å². The molecule has 0 unspecified atom stereocenters. The zero-order valence-corrected chi connectivity index (χ0v) is 23.4. The van der Waals surface area contributed by atoms with E-state index in [9.17, 15) is 10.2 Å². The van der Waals surface area contributed by atoms with Crippen molar-refractivity contribution in [1.82, 2.24) is 30.0 Å². The van der Waals surface area contributed by atoms with Crippen molar-refractivity contribution in [3.8, 4) is 34.0 Å². The molecule has 0 saturated heterocycles. The van der Waals surface area contributed by atoms with Gasteiger partial charge >= 0.3 is 0 Å². The Hall–Kier alpha value is -3.00. The maximum absolute atomic E-state index is 9.73. The number of nitrogens with zero attached hydrogens (tertiary/aromatic N) is 6. The molecule has 0 amide bonds. The van der Waals surface area contributed by atoms with Crippen LogP contribution in [0.4, 0.5) is 0 Å². The van der Waals surface area contributed by atoms with Crippen LogP contribution in [-0.2, 0) is 25.9 Å². The highest BCUT2D eigenvalue weighted by molar-refractivity contribution is 14.1. The lowest BCUT2D eigenvalue weighted by atomic mass is 10.0. The largest absolute Gasteiger partial charge is 0.507 e. The molecule has 0 aliphatic rings. The summed E-state index contributed by atoms with van der Waals surface area (Å²) in [5.41, 5.74) is 5.71. The Balaban J connectivity index is 1.29. The summed E-state index contributed by atoms with van der Waals surface area (Å²) in [4.78, 5) is 0. The van der Waals surface area contributed by atoms with Gasteiger partial charge in [-0.2, -0.15) is 0 Å². The number of aryl methyl sites for hydroxylation is 4. The number of aromatic nitrogens is 6. The third-order valence-corrected chi connectivity index (χ3v) is 7.57. The zero-order valence-electron chi connectivity index (χ0n) is 19.1. The minimum atomic E-state index is 0.297. The van der Waals surface area contributed by atoms with E-state index in [1.54, 1.807) is 12.1 Å². The second-order valence-electron chi connectivity index (χ2n) is 8.35. The molecular weight excluding hydrogens is 682 g/mol. The summed E-state index contributed by atoms with van der Waals surface area (Å²) in [6, 6.07) is 19.3. The Morgan fingerprint density at radius 3 is 1.50 bits per heavy atom. The minimum Gasteiger partial charge on any atom is -0.507 e. The maximum Gasteiger partial charge on any atom is 0.128 e. The van der Waals surface area contributed by atoms with Gasteiger partial charge in [-0.05, 0) is 93.4 Å². The van der Waals surface area contributed by atoms with Crippen molar-refractivity contribution in [2.45, 2.75) is 25.9 Å². The molecule has 3 aromatic carbocycles. The monoisotopic (exact) mass is 704 g/mol. The first-order chi connectivity index (χ1) is 17.5. The highest BCUT2D eigenvalue weighted by atomic mass is 127. The Labute approximate surface area is 235 Å². The third kappa shape index (κ3) is 5.69. The zero-order chi connectivity index (χ0) is 25.1. The van der Waals surface area contributed by atoms with E-state index >= 15 is 0 Å². The molecule has 0 atom stereocenters. The van der Waals surface area contributed by atoms with Crippen LogP contribution in [0, 0.1) is 7.14 Å². The summed E-state index contributed by atoms with van der Waals surface area (Å²) >= 11 is 4.26. The van der Waals surface area contributed by atoms with Crippen molar-refractivity contribution in [2.75, 3.05) is 0 Å². The summed E-state index contributed by atoms with van der Waals surface area (Å²) in [7, 11) is 0. The van der Waals surface area contributed by atoms with Crippen LogP contribution in [0.15, 0.2) is 73.1 Å². The van der Waals surface area contributed by atoms with Crippen molar-refractivity contribution < 1.29 is 10.2 Å². The molecule has 0 radical (unpaired) electrons. The van der Waals surface area contributed by atoms with Crippen LogP contribution in [0.2, 0.25) is 0 Å². The molecule has 182 valence electrons. The molecule has 10 heteroatoms. The fourth-order valence-corrected chi connectivity index (χ4v) is 5.05. The van der Waals surface area contributed by atoms with Crippen LogP contribution >= 0.6 is 45.2 Å². The van der Waals surface area contributed by atoms with E-state index in [0.29, 0.717) is 24.6 Å². The van der Waals surface area contributed by atoms with E-state index < -0.39 is 0 Å². The molecule has 2 N–H and O–H groups in total. The van der Waals surface area contributed by atoms with Gasteiger partial charge in [0.15, 0.2) is 0 Å².